The van der Waals surface area contributed by atoms with Crippen molar-refractivity contribution in [1.29, 1.82) is 0 Å². The lowest BCUT2D eigenvalue weighted by molar-refractivity contribution is -0.0498. The van der Waals surface area contributed by atoms with Crippen molar-refractivity contribution < 1.29 is 13.5 Å². The van der Waals surface area contributed by atoms with Crippen molar-refractivity contribution in [3.8, 4) is 5.75 Å². The van der Waals surface area contributed by atoms with Crippen LogP contribution in [0.4, 0.5) is 8.78 Å². The third kappa shape index (κ3) is 5.20. The maximum absolute atomic E-state index is 12.2. The van der Waals surface area contributed by atoms with Crippen LogP contribution in [0.1, 0.15) is 49.9 Å². The summed E-state index contributed by atoms with van der Waals surface area (Å²) in [4.78, 5) is 0. The highest BCUT2D eigenvalue weighted by molar-refractivity contribution is 7.71. The summed E-state index contributed by atoms with van der Waals surface area (Å²) in [6, 6.07) is 6.28. The molecule has 5 nitrogen and oxygen atoms in total. The molecule has 1 aliphatic carbocycles. The number of nitrogens with zero attached hydrogens (tertiary/aromatic N) is 3. The normalized spacial score (nSPS) is 15.8. The lowest BCUT2D eigenvalue weighted by Gasteiger charge is -2.20. The predicted molar refractivity (Wildman–Crippen MR) is 98.4 cm³/mol. The second-order valence-corrected chi connectivity index (χ2v) is 6.88. The third-order valence-electron chi connectivity index (χ3n) is 4.65. The minimum Gasteiger partial charge on any atom is -0.435 e. The molecule has 0 bridgehead atoms. The van der Waals surface area contributed by atoms with Gasteiger partial charge in [-0.25, -0.2) is 0 Å². The van der Waals surface area contributed by atoms with E-state index in [4.69, 9.17) is 12.2 Å². The summed E-state index contributed by atoms with van der Waals surface area (Å²) in [6.45, 7) is -2.83. The van der Waals surface area contributed by atoms with E-state index >= 15 is 0 Å². The highest BCUT2D eigenvalue weighted by Gasteiger charge is 2.15. The number of ether oxygens (including phenoxy) is 1. The van der Waals surface area contributed by atoms with Crippen LogP contribution < -0.4 is 4.74 Å². The number of nitrogens with one attached hydrogen (secondary N) is 1. The third-order valence-corrected chi connectivity index (χ3v) is 4.91. The van der Waals surface area contributed by atoms with E-state index in [0.717, 1.165) is 30.1 Å². The van der Waals surface area contributed by atoms with Crippen LogP contribution in [0.2, 0.25) is 0 Å². The van der Waals surface area contributed by atoms with Gasteiger partial charge in [0.15, 0.2) is 5.82 Å². The van der Waals surface area contributed by atoms with Crippen LogP contribution >= 0.6 is 12.2 Å². The highest BCUT2D eigenvalue weighted by Crippen LogP contribution is 2.27. The van der Waals surface area contributed by atoms with E-state index in [1.54, 1.807) is 23.0 Å². The van der Waals surface area contributed by atoms with Gasteiger partial charge in [-0.05, 0) is 54.4 Å². The fourth-order valence-electron chi connectivity index (χ4n) is 3.27. The number of hydrogen-bond acceptors (Lipinski definition) is 4. The first-order chi connectivity index (χ1) is 12.6. The van der Waals surface area contributed by atoms with Crippen LogP contribution in [0.25, 0.3) is 0 Å². The fraction of sp³-hybridized carbons (Fsp3) is 0.500. The monoisotopic (exact) mass is 380 g/mol. The molecule has 8 heteroatoms. The van der Waals surface area contributed by atoms with Crippen molar-refractivity contribution in [1.82, 2.24) is 14.9 Å². The van der Waals surface area contributed by atoms with Crippen LogP contribution in [0.3, 0.4) is 0 Å². The smallest absolute Gasteiger partial charge is 0.387 e. The minimum atomic E-state index is -2.83. The van der Waals surface area contributed by atoms with E-state index in [1.165, 1.54) is 44.2 Å². The molecular weight excluding hydrogens is 358 g/mol. The molecular formula is C18H22F2N4OS. The number of aryl methyl sites for hydroxylation is 1. The first-order valence-corrected chi connectivity index (χ1v) is 9.28. The predicted octanol–water partition coefficient (Wildman–Crippen LogP) is 4.94. The maximum atomic E-state index is 12.2. The first-order valence-electron chi connectivity index (χ1n) is 8.87. The Labute approximate surface area is 156 Å². The molecule has 1 heterocycles. The van der Waals surface area contributed by atoms with Gasteiger partial charge in [-0.2, -0.15) is 23.7 Å². The number of alkyl halides is 2. The maximum Gasteiger partial charge on any atom is 0.387 e. The van der Waals surface area contributed by atoms with Crippen molar-refractivity contribution in [2.75, 3.05) is 0 Å². The molecule has 1 aliphatic rings. The van der Waals surface area contributed by atoms with E-state index < -0.39 is 6.61 Å². The number of hydrogen-bond donors (Lipinski definition) is 1. The van der Waals surface area contributed by atoms with E-state index in [2.05, 4.69) is 20.0 Å². The summed E-state index contributed by atoms with van der Waals surface area (Å²) >= 11 is 5.25. The van der Waals surface area contributed by atoms with Crippen LogP contribution in [-0.4, -0.2) is 27.7 Å². The Morgan fingerprint density at radius 1 is 1.27 bits per heavy atom. The van der Waals surface area contributed by atoms with Crippen molar-refractivity contribution >= 4 is 18.4 Å². The Balaban J connectivity index is 1.64. The summed E-state index contributed by atoms with van der Waals surface area (Å²) < 4.78 is 30.8. The Morgan fingerprint density at radius 3 is 2.69 bits per heavy atom. The number of aromatic amines is 1. The highest BCUT2D eigenvalue weighted by atomic mass is 32.1. The Hall–Kier alpha value is -2.09. The molecule has 1 fully saturated rings. The fourth-order valence-corrected chi connectivity index (χ4v) is 3.47. The second-order valence-electron chi connectivity index (χ2n) is 6.49. The molecule has 0 unspecified atom stereocenters. The quantitative estimate of drug-likeness (QED) is 0.547. The standard InChI is InChI=1S/C18H22F2N4OS/c19-17(20)25-15-9-6-14(7-10-15)12-21-24-16(22-23-18(24)26)11-8-13-4-2-1-3-5-13/h6-7,9-10,12-13,17H,1-5,8,11H2,(H,23,26)/b21-12-. The molecule has 1 N–H and O–H groups in total. The van der Waals surface area contributed by atoms with Gasteiger partial charge >= 0.3 is 6.61 Å². The van der Waals surface area contributed by atoms with Crippen molar-refractivity contribution in [2.24, 2.45) is 11.0 Å². The largest absolute Gasteiger partial charge is 0.435 e. The molecule has 3 rings (SSSR count). The van der Waals surface area contributed by atoms with Crippen molar-refractivity contribution in [3.63, 3.8) is 0 Å². The molecule has 1 saturated carbocycles. The van der Waals surface area contributed by atoms with Gasteiger partial charge in [0.05, 0.1) is 6.21 Å². The lowest BCUT2D eigenvalue weighted by atomic mass is 9.86. The molecule has 26 heavy (non-hydrogen) atoms. The zero-order chi connectivity index (χ0) is 18.4. The van der Waals surface area contributed by atoms with Gasteiger partial charge in [0.2, 0.25) is 4.77 Å². The Kier molecular flexibility index (Phi) is 6.49. The van der Waals surface area contributed by atoms with E-state index in [0.29, 0.717) is 4.77 Å². The zero-order valence-corrected chi connectivity index (χ0v) is 15.2. The number of rotatable bonds is 7. The summed E-state index contributed by atoms with van der Waals surface area (Å²) in [7, 11) is 0. The minimum absolute atomic E-state index is 0.116. The molecule has 0 amide bonds. The average Bonchev–Trinajstić information content (AvgIpc) is 2.99. The number of H-pyrrole nitrogens is 1. The summed E-state index contributed by atoms with van der Waals surface area (Å²) in [6.07, 6.45) is 10.1. The molecule has 2 aromatic rings. The molecule has 0 atom stereocenters. The summed E-state index contributed by atoms with van der Waals surface area (Å²) in [5.41, 5.74) is 0.757. The molecule has 1 aromatic heterocycles. The van der Waals surface area contributed by atoms with Crippen molar-refractivity contribution in [3.05, 3.63) is 40.4 Å². The average molecular weight is 380 g/mol. The molecule has 1 aromatic carbocycles. The number of benzene rings is 1. The van der Waals surface area contributed by atoms with Crippen LogP contribution in [-0.2, 0) is 6.42 Å². The Morgan fingerprint density at radius 2 is 2.00 bits per heavy atom. The van der Waals surface area contributed by atoms with Gasteiger partial charge in [0, 0.05) is 6.42 Å². The second kappa shape index (κ2) is 9.02. The van der Waals surface area contributed by atoms with Gasteiger partial charge in [-0.15, -0.1) is 0 Å². The van der Waals surface area contributed by atoms with E-state index in [9.17, 15) is 8.78 Å². The van der Waals surface area contributed by atoms with Gasteiger partial charge in [-0.3, -0.25) is 5.10 Å². The number of aromatic nitrogens is 3. The van der Waals surface area contributed by atoms with Gasteiger partial charge in [0.25, 0.3) is 0 Å². The summed E-state index contributed by atoms with van der Waals surface area (Å²) in [5, 5.41) is 11.5. The van der Waals surface area contributed by atoms with Gasteiger partial charge in [-0.1, -0.05) is 32.1 Å². The first kappa shape index (κ1) is 18.7. The van der Waals surface area contributed by atoms with E-state index in [-0.39, 0.29) is 5.75 Å². The molecule has 0 radical (unpaired) electrons. The van der Waals surface area contributed by atoms with Crippen LogP contribution in [0.5, 0.6) is 5.75 Å². The molecule has 0 saturated heterocycles. The van der Waals surface area contributed by atoms with E-state index in [1.807, 2.05) is 0 Å². The topological polar surface area (TPSA) is 55.2 Å². The SMILES string of the molecule is FC(F)Oc1ccc(/C=N\n2c(CCC3CCCCC3)n[nH]c2=S)cc1. The molecule has 0 spiro atoms. The zero-order valence-electron chi connectivity index (χ0n) is 14.4. The lowest BCUT2D eigenvalue weighted by Crippen LogP contribution is -2.09. The summed E-state index contributed by atoms with van der Waals surface area (Å²) in [5.74, 6) is 1.69. The van der Waals surface area contributed by atoms with Crippen LogP contribution in [0.15, 0.2) is 29.4 Å². The van der Waals surface area contributed by atoms with Crippen LogP contribution in [0, 0.1) is 10.7 Å². The van der Waals surface area contributed by atoms with Gasteiger partial charge < -0.3 is 4.74 Å². The molecule has 140 valence electrons. The van der Waals surface area contributed by atoms with Gasteiger partial charge in [0.1, 0.15) is 5.75 Å². The number of halogens is 2. The Bertz CT molecular complexity index is 779. The van der Waals surface area contributed by atoms with Crippen molar-refractivity contribution in [2.45, 2.75) is 51.6 Å². The molecule has 0 aliphatic heterocycles.